The van der Waals surface area contributed by atoms with E-state index < -0.39 is 18.2 Å². The molecular formula is C30H47N5O6. The molecule has 10 atom stereocenters. The third-order valence-corrected chi connectivity index (χ3v) is 11.3. The summed E-state index contributed by atoms with van der Waals surface area (Å²) >= 11 is 0. The number of hydrogen-bond acceptors (Lipinski definition) is 8. The van der Waals surface area contributed by atoms with Crippen molar-refractivity contribution < 1.29 is 19.5 Å². The molecule has 0 spiro atoms. The Morgan fingerprint density at radius 3 is 2.49 bits per heavy atom. The summed E-state index contributed by atoms with van der Waals surface area (Å²) < 4.78 is 10.4. The number of aliphatic hydroxyl groups excluding tert-OH is 1. The average Bonchev–Trinajstić information content (AvgIpc) is 3.53. The average molecular weight is 574 g/mol. The van der Waals surface area contributed by atoms with Gasteiger partial charge in [0.25, 0.3) is 0 Å². The lowest BCUT2D eigenvalue weighted by Gasteiger charge is -2.40. The van der Waals surface area contributed by atoms with E-state index in [-0.39, 0.29) is 41.7 Å². The standard InChI is InChI=1S/C30H47N5O6/c1-15-12-16(2)23(17(3)13-15)21-14-22(41-31-21)18(4)40-32-24-20-10-11-33-29(37)34(19-8-6-5-7-9-19)30(38)35(33)25(20)26(36)28-27(24)39-28/h15-23,25-28,31,36H,5-14H2,1-4H3/b32-24-/t15?,16?,17?,18-,20+,21?,22?,23?,25+,26-,27+,28-/m0/s1. The molecule has 3 saturated carbocycles. The summed E-state index contributed by atoms with van der Waals surface area (Å²) in [7, 11) is 0. The van der Waals surface area contributed by atoms with Gasteiger partial charge in [-0.05, 0) is 69.1 Å². The Labute approximate surface area is 241 Å². The molecule has 0 aromatic carbocycles. The molecule has 11 heteroatoms. The molecule has 5 fully saturated rings. The number of aromatic nitrogens is 3. The van der Waals surface area contributed by atoms with Gasteiger partial charge in [0.2, 0.25) is 0 Å². The van der Waals surface area contributed by atoms with Crippen molar-refractivity contribution in [2.45, 2.75) is 141 Å². The van der Waals surface area contributed by atoms with Crippen LogP contribution in [0.15, 0.2) is 14.7 Å². The van der Waals surface area contributed by atoms with Gasteiger partial charge in [-0.15, -0.1) is 0 Å². The Balaban J connectivity index is 1.08. The highest BCUT2D eigenvalue weighted by Gasteiger charge is 2.61. The first-order chi connectivity index (χ1) is 19.7. The van der Waals surface area contributed by atoms with Gasteiger partial charge >= 0.3 is 11.4 Å². The normalized spacial score (nSPS) is 44.2. The Kier molecular flexibility index (Phi) is 7.23. The second-order valence-electron chi connectivity index (χ2n) is 14.1. The Morgan fingerprint density at radius 2 is 1.76 bits per heavy atom. The number of fused-ring (bicyclic) bond motifs is 4. The highest BCUT2D eigenvalue weighted by atomic mass is 16.7. The summed E-state index contributed by atoms with van der Waals surface area (Å²) in [5.41, 5.74) is 3.49. The van der Waals surface area contributed by atoms with Crippen molar-refractivity contribution >= 4 is 5.71 Å². The summed E-state index contributed by atoms with van der Waals surface area (Å²) in [5.74, 6) is 2.42. The first-order valence-electron chi connectivity index (χ1n) is 16.2. The topological polar surface area (TPSA) is 125 Å². The van der Waals surface area contributed by atoms with Gasteiger partial charge < -0.3 is 14.7 Å². The van der Waals surface area contributed by atoms with Crippen LogP contribution in [0.1, 0.15) is 97.6 Å². The van der Waals surface area contributed by atoms with E-state index >= 15 is 0 Å². The summed E-state index contributed by atoms with van der Waals surface area (Å²) in [5, 5.41) is 15.9. The zero-order valence-corrected chi connectivity index (χ0v) is 24.9. The van der Waals surface area contributed by atoms with Crippen LogP contribution < -0.4 is 16.9 Å². The molecule has 0 amide bonds. The predicted octanol–water partition coefficient (Wildman–Crippen LogP) is 2.76. The van der Waals surface area contributed by atoms with Gasteiger partial charge in [-0.1, -0.05) is 45.2 Å². The largest absolute Gasteiger partial charge is 0.390 e. The monoisotopic (exact) mass is 573 g/mol. The molecule has 11 nitrogen and oxygen atoms in total. The van der Waals surface area contributed by atoms with Gasteiger partial charge in [-0.25, -0.2) is 23.5 Å². The molecule has 2 N–H and O–H groups in total. The van der Waals surface area contributed by atoms with E-state index in [1.165, 1.54) is 26.8 Å². The highest BCUT2D eigenvalue weighted by molar-refractivity contribution is 5.94. The number of rotatable bonds is 5. The molecule has 1 aromatic heterocycles. The summed E-state index contributed by atoms with van der Waals surface area (Å²) in [6.45, 7) is 9.49. The fourth-order valence-electron chi connectivity index (χ4n) is 9.40. The maximum absolute atomic E-state index is 13.7. The highest BCUT2D eigenvalue weighted by Crippen LogP contribution is 2.46. The smallest absolute Gasteiger partial charge is 0.347 e. The summed E-state index contributed by atoms with van der Waals surface area (Å²) in [4.78, 5) is 39.2. The number of oxime groups is 1. The van der Waals surface area contributed by atoms with Crippen molar-refractivity contribution in [1.29, 1.82) is 0 Å². The molecule has 0 radical (unpaired) electrons. The van der Waals surface area contributed by atoms with Crippen molar-refractivity contribution in [3.8, 4) is 0 Å². The second-order valence-corrected chi connectivity index (χ2v) is 14.1. The van der Waals surface area contributed by atoms with E-state index in [9.17, 15) is 14.7 Å². The van der Waals surface area contributed by atoms with Crippen molar-refractivity contribution in [2.24, 2.45) is 34.7 Å². The number of aliphatic hydroxyl groups is 1. The lowest BCUT2D eigenvalue weighted by molar-refractivity contribution is -0.0724. The molecule has 2 saturated heterocycles. The summed E-state index contributed by atoms with van der Waals surface area (Å²) in [6.07, 6.45) is 6.86. The zero-order chi connectivity index (χ0) is 28.6. The van der Waals surface area contributed by atoms with Crippen LogP contribution >= 0.6 is 0 Å². The zero-order valence-electron chi connectivity index (χ0n) is 24.9. The molecule has 7 rings (SSSR count). The van der Waals surface area contributed by atoms with Crippen LogP contribution in [0.4, 0.5) is 0 Å². The van der Waals surface area contributed by atoms with Crippen molar-refractivity contribution in [3.05, 3.63) is 21.0 Å². The number of nitrogens with zero attached hydrogens (tertiary/aromatic N) is 4. The van der Waals surface area contributed by atoms with Gasteiger partial charge in [0.05, 0.1) is 11.8 Å². The van der Waals surface area contributed by atoms with Crippen LogP contribution in [0, 0.1) is 29.6 Å². The molecule has 0 bridgehead atoms. The van der Waals surface area contributed by atoms with Gasteiger partial charge in [0.15, 0.2) is 6.10 Å². The minimum absolute atomic E-state index is 0.0670. The second kappa shape index (κ2) is 10.6. The Hall–Kier alpha value is -1.95. The molecule has 3 aliphatic heterocycles. The van der Waals surface area contributed by atoms with Crippen LogP contribution in [0.2, 0.25) is 0 Å². The van der Waals surface area contributed by atoms with E-state index in [1.54, 1.807) is 0 Å². The van der Waals surface area contributed by atoms with Crippen LogP contribution in [0.25, 0.3) is 0 Å². The molecule has 6 aliphatic rings. The van der Waals surface area contributed by atoms with Crippen LogP contribution in [-0.2, 0) is 21.0 Å². The summed E-state index contributed by atoms with van der Waals surface area (Å²) in [6, 6.07) is -0.361. The lowest BCUT2D eigenvalue weighted by atomic mass is 9.66. The van der Waals surface area contributed by atoms with Crippen molar-refractivity contribution in [3.63, 3.8) is 0 Å². The fourth-order valence-corrected chi connectivity index (χ4v) is 9.40. The van der Waals surface area contributed by atoms with Gasteiger partial charge in [0, 0.05) is 24.5 Å². The first-order valence-corrected chi connectivity index (χ1v) is 16.2. The molecular weight excluding hydrogens is 526 g/mol. The quantitative estimate of drug-likeness (QED) is 0.410. The third-order valence-electron chi connectivity index (χ3n) is 11.3. The van der Waals surface area contributed by atoms with Crippen LogP contribution in [0.5, 0.6) is 0 Å². The van der Waals surface area contributed by atoms with Gasteiger partial charge in [-0.3, -0.25) is 4.84 Å². The molecule has 4 unspecified atom stereocenters. The van der Waals surface area contributed by atoms with Gasteiger partial charge in [0.1, 0.15) is 24.4 Å². The number of nitrogens with one attached hydrogen (secondary N) is 1. The molecule has 228 valence electrons. The third kappa shape index (κ3) is 4.66. The van der Waals surface area contributed by atoms with E-state index in [4.69, 9.17) is 14.4 Å². The van der Waals surface area contributed by atoms with E-state index in [1.807, 2.05) is 6.92 Å². The Bertz CT molecular complexity index is 1270. The van der Waals surface area contributed by atoms with Crippen LogP contribution in [-0.4, -0.2) is 61.3 Å². The number of ether oxygens (including phenoxy) is 1. The van der Waals surface area contributed by atoms with Crippen molar-refractivity contribution in [1.82, 2.24) is 19.4 Å². The number of hydrogen-bond donors (Lipinski definition) is 2. The number of epoxide rings is 1. The molecule has 4 heterocycles. The fraction of sp³-hybridized carbons (Fsp3) is 0.900. The number of hydroxylamine groups is 1. The molecule has 41 heavy (non-hydrogen) atoms. The SMILES string of the molecule is CC1CC(C)C(C2CC([C@H](C)O/N=C3/[C@H]4CCn5c(=O)n(C6CCCCC6)c(=O)n5[C@H]4[C@H](O)[C@@H]4O[C@H]34)ON2)C(C)C1. The van der Waals surface area contributed by atoms with Gasteiger partial charge in [-0.2, -0.15) is 5.48 Å². The first kappa shape index (κ1) is 27.9. The molecule has 1 aromatic rings. The maximum atomic E-state index is 13.7. The van der Waals surface area contributed by atoms with Crippen LogP contribution in [0.3, 0.4) is 0 Å². The minimum atomic E-state index is -0.877. The van der Waals surface area contributed by atoms with E-state index in [0.29, 0.717) is 36.8 Å². The van der Waals surface area contributed by atoms with Crippen molar-refractivity contribution in [2.75, 3.05) is 0 Å². The van der Waals surface area contributed by atoms with E-state index in [0.717, 1.165) is 50.2 Å². The minimum Gasteiger partial charge on any atom is -0.390 e. The lowest BCUT2D eigenvalue weighted by Crippen LogP contribution is -2.53. The predicted molar refractivity (Wildman–Crippen MR) is 151 cm³/mol. The maximum Gasteiger partial charge on any atom is 0.347 e. The van der Waals surface area contributed by atoms with E-state index in [2.05, 4.69) is 31.4 Å². The Morgan fingerprint density at radius 1 is 1.02 bits per heavy atom. The molecule has 3 aliphatic carbocycles.